The summed E-state index contributed by atoms with van der Waals surface area (Å²) in [7, 11) is 0. The van der Waals surface area contributed by atoms with Gasteiger partial charge < -0.3 is 14.6 Å². The minimum atomic E-state index is -0.982. The van der Waals surface area contributed by atoms with Crippen LogP contribution in [0.3, 0.4) is 0 Å². The summed E-state index contributed by atoms with van der Waals surface area (Å²) in [5, 5.41) is 8.42. The van der Waals surface area contributed by atoms with E-state index in [1.165, 1.54) is 0 Å². The summed E-state index contributed by atoms with van der Waals surface area (Å²) >= 11 is 6.34. The SMILES string of the molecule is O=C(O)CCC(=O)SC(=S)N1CC2C[C@@H](C1)Cn1c2cccc1=O. The van der Waals surface area contributed by atoms with E-state index in [-0.39, 0.29) is 29.4 Å². The molecule has 0 amide bonds. The van der Waals surface area contributed by atoms with Gasteiger partial charge in [0.25, 0.3) is 5.56 Å². The average Bonchev–Trinajstić information content (AvgIpc) is 2.54. The van der Waals surface area contributed by atoms with Crippen LogP contribution in [0.5, 0.6) is 0 Å². The lowest BCUT2D eigenvalue weighted by Crippen LogP contribution is -2.48. The van der Waals surface area contributed by atoms with E-state index in [9.17, 15) is 14.4 Å². The zero-order valence-corrected chi connectivity index (χ0v) is 14.6. The summed E-state index contributed by atoms with van der Waals surface area (Å²) in [5.41, 5.74) is 1.07. The van der Waals surface area contributed by atoms with Crippen molar-refractivity contribution in [2.45, 2.75) is 31.7 Å². The third-order valence-corrected chi connectivity index (χ3v) is 5.85. The normalized spacial score (nSPS) is 21.9. The first kappa shape index (κ1) is 17.2. The fraction of sp³-hybridized carbons (Fsp3) is 0.500. The van der Waals surface area contributed by atoms with Gasteiger partial charge in [0.05, 0.1) is 6.42 Å². The Kier molecular flexibility index (Phi) is 5.05. The Morgan fingerprint density at radius 2 is 2.04 bits per heavy atom. The van der Waals surface area contributed by atoms with Crippen LogP contribution >= 0.6 is 24.0 Å². The van der Waals surface area contributed by atoms with Gasteiger partial charge in [-0.25, -0.2) is 0 Å². The molecule has 2 aliphatic heterocycles. The summed E-state index contributed by atoms with van der Waals surface area (Å²) in [4.78, 5) is 36.4. The second-order valence-corrected chi connectivity index (χ2v) is 7.93. The molecular weight excluding hydrogens is 348 g/mol. The molecule has 1 unspecified atom stereocenters. The van der Waals surface area contributed by atoms with Crippen LogP contribution in [-0.2, 0) is 16.1 Å². The van der Waals surface area contributed by atoms with Gasteiger partial charge in [-0.2, -0.15) is 0 Å². The number of pyridine rings is 1. The second-order valence-electron chi connectivity index (χ2n) is 6.24. The lowest BCUT2D eigenvalue weighted by Gasteiger charge is -2.43. The molecule has 1 saturated heterocycles. The third kappa shape index (κ3) is 3.70. The number of carboxylic acids is 1. The van der Waals surface area contributed by atoms with Crippen LogP contribution in [0, 0.1) is 5.92 Å². The molecule has 0 radical (unpaired) electrons. The number of aromatic nitrogens is 1. The van der Waals surface area contributed by atoms with Crippen LogP contribution in [0.2, 0.25) is 0 Å². The van der Waals surface area contributed by atoms with Gasteiger partial charge >= 0.3 is 5.97 Å². The number of fused-ring (bicyclic) bond motifs is 4. The Labute approximate surface area is 148 Å². The zero-order chi connectivity index (χ0) is 17.3. The van der Waals surface area contributed by atoms with Crippen LogP contribution in [-0.4, -0.2) is 43.1 Å². The Balaban J connectivity index is 1.66. The third-order valence-electron chi connectivity index (χ3n) is 4.48. The van der Waals surface area contributed by atoms with Crippen LogP contribution in [0.1, 0.15) is 30.9 Å². The van der Waals surface area contributed by atoms with Crippen molar-refractivity contribution in [1.29, 1.82) is 0 Å². The molecule has 0 saturated carbocycles. The molecule has 1 fully saturated rings. The van der Waals surface area contributed by atoms with Gasteiger partial charge in [0.15, 0.2) is 5.12 Å². The number of thiocarbonyl (C=S) groups is 1. The lowest BCUT2D eigenvalue weighted by atomic mass is 9.83. The van der Waals surface area contributed by atoms with Gasteiger partial charge in [0.1, 0.15) is 4.32 Å². The standard InChI is InChI=1S/C16H18N2O4S2/c19-13-3-1-2-12-11-6-10(8-18(12)13)7-17(9-11)16(23)24-15(22)5-4-14(20)21/h1-3,10-11H,4-9H2,(H,20,21)/t10-,11?/m0/s1. The predicted molar refractivity (Wildman–Crippen MR) is 95.2 cm³/mol. The minimum Gasteiger partial charge on any atom is -0.481 e. The summed E-state index contributed by atoms with van der Waals surface area (Å²) in [6, 6.07) is 5.36. The molecule has 128 valence electrons. The largest absolute Gasteiger partial charge is 0.481 e. The maximum atomic E-state index is 12.0. The first-order valence-electron chi connectivity index (χ1n) is 7.85. The molecule has 0 aliphatic carbocycles. The van der Waals surface area contributed by atoms with Gasteiger partial charge in [-0.3, -0.25) is 14.4 Å². The second kappa shape index (κ2) is 7.06. The molecule has 2 bridgehead atoms. The quantitative estimate of drug-likeness (QED) is 0.815. The van der Waals surface area contributed by atoms with Crippen molar-refractivity contribution in [3.8, 4) is 0 Å². The van der Waals surface area contributed by atoms with Gasteiger partial charge in [0.2, 0.25) is 0 Å². The number of thioether (sulfide) groups is 1. The monoisotopic (exact) mass is 366 g/mol. The van der Waals surface area contributed by atoms with Gasteiger partial charge in [-0.1, -0.05) is 18.3 Å². The van der Waals surface area contributed by atoms with E-state index in [0.29, 0.717) is 23.3 Å². The molecule has 2 atom stereocenters. The number of piperidine rings is 1. The average molecular weight is 366 g/mol. The molecular formula is C16H18N2O4S2. The minimum absolute atomic E-state index is 0.0148. The number of carbonyl (C=O) groups is 2. The number of likely N-dealkylation sites (tertiary alicyclic amines) is 1. The van der Waals surface area contributed by atoms with E-state index in [0.717, 1.165) is 30.4 Å². The number of hydrogen-bond acceptors (Lipinski definition) is 5. The zero-order valence-electron chi connectivity index (χ0n) is 13.0. The van der Waals surface area contributed by atoms with E-state index in [4.69, 9.17) is 17.3 Å². The summed E-state index contributed by atoms with van der Waals surface area (Å²) in [6.07, 6.45) is 0.843. The van der Waals surface area contributed by atoms with Gasteiger partial charge in [-0.05, 0) is 30.2 Å². The van der Waals surface area contributed by atoms with Crippen molar-refractivity contribution in [2.75, 3.05) is 13.1 Å². The Morgan fingerprint density at radius 3 is 2.79 bits per heavy atom. The highest BCUT2D eigenvalue weighted by Crippen LogP contribution is 2.36. The van der Waals surface area contributed by atoms with Crippen LogP contribution in [0.25, 0.3) is 0 Å². The molecule has 1 aromatic heterocycles. The number of rotatable bonds is 3. The molecule has 8 heteroatoms. The molecule has 3 rings (SSSR count). The topological polar surface area (TPSA) is 79.6 Å². The molecule has 24 heavy (non-hydrogen) atoms. The first-order chi connectivity index (χ1) is 11.4. The number of hydrogen-bond donors (Lipinski definition) is 1. The Hall–Kier alpha value is -1.67. The van der Waals surface area contributed by atoms with Crippen molar-refractivity contribution in [1.82, 2.24) is 9.47 Å². The van der Waals surface area contributed by atoms with E-state index < -0.39 is 5.97 Å². The van der Waals surface area contributed by atoms with Gasteiger partial charge in [0, 0.05) is 43.7 Å². The first-order valence-corrected chi connectivity index (χ1v) is 9.07. The van der Waals surface area contributed by atoms with Crippen molar-refractivity contribution >= 4 is 39.4 Å². The molecule has 6 nitrogen and oxygen atoms in total. The van der Waals surface area contributed by atoms with Crippen molar-refractivity contribution < 1.29 is 14.7 Å². The molecule has 0 aromatic carbocycles. The van der Waals surface area contributed by atoms with Gasteiger partial charge in [-0.15, -0.1) is 0 Å². The fourth-order valence-electron chi connectivity index (χ4n) is 3.47. The van der Waals surface area contributed by atoms with E-state index in [1.807, 2.05) is 15.5 Å². The molecule has 0 spiro atoms. The predicted octanol–water partition coefficient (Wildman–Crippen LogP) is 1.68. The van der Waals surface area contributed by atoms with E-state index >= 15 is 0 Å². The van der Waals surface area contributed by atoms with Crippen LogP contribution in [0.15, 0.2) is 23.0 Å². The molecule has 1 aromatic rings. The van der Waals surface area contributed by atoms with Crippen molar-refractivity contribution in [3.05, 3.63) is 34.2 Å². The van der Waals surface area contributed by atoms with E-state index in [1.54, 1.807) is 12.1 Å². The smallest absolute Gasteiger partial charge is 0.303 e. The highest BCUT2D eigenvalue weighted by molar-refractivity contribution is 8.32. The van der Waals surface area contributed by atoms with Crippen LogP contribution < -0.4 is 5.56 Å². The highest BCUT2D eigenvalue weighted by Gasteiger charge is 2.35. The Bertz CT molecular complexity index is 746. The summed E-state index contributed by atoms with van der Waals surface area (Å²) in [5.74, 6) is -0.410. The fourth-order valence-corrected chi connectivity index (χ4v) is 4.57. The molecule has 2 aliphatic rings. The maximum absolute atomic E-state index is 12.0. The highest BCUT2D eigenvalue weighted by atomic mass is 32.2. The number of carbonyl (C=O) groups excluding carboxylic acids is 1. The summed E-state index contributed by atoms with van der Waals surface area (Å²) in [6.45, 7) is 2.11. The van der Waals surface area contributed by atoms with Crippen molar-refractivity contribution in [3.63, 3.8) is 0 Å². The van der Waals surface area contributed by atoms with E-state index in [2.05, 4.69) is 0 Å². The molecule has 3 heterocycles. The van der Waals surface area contributed by atoms with Crippen molar-refractivity contribution in [2.24, 2.45) is 5.92 Å². The number of aliphatic carboxylic acids is 1. The molecule has 1 N–H and O–H groups in total. The number of nitrogens with zero attached hydrogens (tertiary/aromatic N) is 2. The van der Waals surface area contributed by atoms with Crippen LogP contribution in [0.4, 0.5) is 0 Å². The number of carboxylic acid groups (broad SMARTS) is 1. The summed E-state index contributed by atoms with van der Waals surface area (Å²) < 4.78 is 2.36. The Morgan fingerprint density at radius 1 is 1.25 bits per heavy atom. The lowest BCUT2D eigenvalue weighted by molar-refractivity contribution is -0.137. The maximum Gasteiger partial charge on any atom is 0.303 e.